The Labute approximate surface area is 214 Å². The van der Waals surface area contributed by atoms with Crippen molar-refractivity contribution < 1.29 is 9.53 Å². The Morgan fingerprint density at radius 3 is 2.37 bits per heavy atom. The van der Waals surface area contributed by atoms with E-state index in [2.05, 4.69) is 45.5 Å². The molecule has 1 amide bonds. The monoisotopic (exact) mass is 526 g/mol. The van der Waals surface area contributed by atoms with Crippen LogP contribution in [-0.2, 0) is 17.8 Å². The highest BCUT2D eigenvalue weighted by Gasteiger charge is 2.21. The van der Waals surface area contributed by atoms with Crippen LogP contribution in [-0.4, -0.2) is 12.1 Å². The number of halogens is 1. The summed E-state index contributed by atoms with van der Waals surface area (Å²) in [6.45, 7) is 2.51. The number of hydrogen-bond acceptors (Lipinski definition) is 3. The summed E-state index contributed by atoms with van der Waals surface area (Å²) in [4.78, 5) is 13.2. The number of hydrazone groups is 1. The number of nitrogens with one attached hydrogen (secondary N) is 1. The van der Waals surface area contributed by atoms with Crippen LogP contribution >= 0.6 is 15.9 Å². The molecule has 0 saturated carbocycles. The predicted molar refractivity (Wildman–Crippen MR) is 145 cm³/mol. The highest BCUT2D eigenvalue weighted by molar-refractivity contribution is 9.10. The molecule has 1 N–H and O–H groups in total. The van der Waals surface area contributed by atoms with E-state index in [-0.39, 0.29) is 11.8 Å². The first-order valence-corrected chi connectivity index (χ1v) is 12.3. The van der Waals surface area contributed by atoms with Gasteiger partial charge in [-0.3, -0.25) is 4.79 Å². The van der Waals surface area contributed by atoms with E-state index in [0.29, 0.717) is 18.8 Å². The van der Waals surface area contributed by atoms with Crippen LogP contribution in [0.25, 0.3) is 0 Å². The van der Waals surface area contributed by atoms with Crippen molar-refractivity contribution in [3.63, 3.8) is 0 Å². The molecule has 0 aliphatic heterocycles. The molecule has 0 aliphatic rings. The van der Waals surface area contributed by atoms with Crippen LogP contribution < -0.4 is 10.2 Å². The molecule has 0 radical (unpaired) electrons. The molecule has 0 fully saturated rings. The summed E-state index contributed by atoms with van der Waals surface area (Å²) in [6, 6.07) is 33.7. The summed E-state index contributed by atoms with van der Waals surface area (Å²) in [7, 11) is 0. The largest absolute Gasteiger partial charge is 0.488 e. The maximum absolute atomic E-state index is 13.2. The Morgan fingerprint density at radius 2 is 1.63 bits per heavy atom. The molecular formula is C30H27BrN2O2. The summed E-state index contributed by atoms with van der Waals surface area (Å²) in [5.74, 6) is 0.179. The van der Waals surface area contributed by atoms with Crippen molar-refractivity contribution >= 4 is 28.1 Å². The lowest BCUT2D eigenvalue weighted by Crippen LogP contribution is -2.27. The first-order chi connectivity index (χ1) is 17.1. The molecule has 0 heterocycles. The summed E-state index contributed by atoms with van der Waals surface area (Å²) in [5.41, 5.74) is 7.86. The molecule has 0 spiro atoms. The van der Waals surface area contributed by atoms with Gasteiger partial charge in [0.15, 0.2) is 0 Å². The number of carbonyl (C=O) groups excluding carboxylic acids is 1. The van der Waals surface area contributed by atoms with E-state index in [9.17, 15) is 4.79 Å². The molecule has 4 rings (SSSR count). The summed E-state index contributed by atoms with van der Waals surface area (Å²) in [6.07, 6.45) is 2.22. The summed E-state index contributed by atoms with van der Waals surface area (Å²) >= 11 is 3.51. The average Bonchev–Trinajstić information content (AvgIpc) is 2.89. The number of benzene rings is 4. The van der Waals surface area contributed by atoms with E-state index in [1.54, 1.807) is 6.21 Å². The molecule has 4 aromatic carbocycles. The third-order valence-corrected chi connectivity index (χ3v) is 6.28. The van der Waals surface area contributed by atoms with Gasteiger partial charge < -0.3 is 4.74 Å². The molecule has 0 aliphatic carbocycles. The minimum Gasteiger partial charge on any atom is -0.488 e. The number of aryl methyl sites for hydroxylation is 1. The minimum absolute atomic E-state index is 0.155. The quantitative estimate of drug-likeness (QED) is 0.192. The van der Waals surface area contributed by atoms with Crippen LogP contribution in [0.2, 0.25) is 0 Å². The first-order valence-electron chi connectivity index (χ1n) is 11.5. The van der Waals surface area contributed by atoms with Crippen molar-refractivity contribution in [3.05, 3.63) is 135 Å². The highest BCUT2D eigenvalue weighted by atomic mass is 79.9. The van der Waals surface area contributed by atoms with Gasteiger partial charge in [0.2, 0.25) is 5.91 Å². The van der Waals surface area contributed by atoms with E-state index in [1.807, 2.05) is 91.0 Å². The van der Waals surface area contributed by atoms with E-state index >= 15 is 0 Å². The fraction of sp³-hybridized carbons (Fsp3) is 0.133. The van der Waals surface area contributed by atoms with Crippen LogP contribution in [0.15, 0.2) is 113 Å². The molecule has 0 aromatic heterocycles. The van der Waals surface area contributed by atoms with Crippen molar-refractivity contribution in [2.75, 3.05) is 0 Å². The lowest BCUT2D eigenvalue weighted by atomic mass is 9.90. The van der Waals surface area contributed by atoms with Gasteiger partial charge in [-0.25, -0.2) is 5.43 Å². The Balaban J connectivity index is 1.49. The maximum Gasteiger partial charge on any atom is 0.247 e. The zero-order chi connectivity index (χ0) is 24.5. The van der Waals surface area contributed by atoms with Crippen LogP contribution in [0.3, 0.4) is 0 Å². The van der Waals surface area contributed by atoms with Gasteiger partial charge in [-0.15, -0.1) is 0 Å². The van der Waals surface area contributed by atoms with Gasteiger partial charge in [0.25, 0.3) is 0 Å². The smallest absolute Gasteiger partial charge is 0.247 e. The van der Waals surface area contributed by atoms with Gasteiger partial charge >= 0.3 is 0 Å². The fourth-order valence-corrected chi connectivity index (χ4v) is 4.22. The zero-order valence-electron chi connectivity index (χ0n) is 19.5. The highest BCUT2D eigenvalue weighted by Crippen LogP contribution is 2.24. The van der Waals surface area contributed by atoms with Gasteiger partial charge in [-0.05, 0) is 53.8 Å². The molecule has 0 bridgehead atoms. The molecule has 176 valence electrons. The van der Waals surface area contributed by atoms with Gasteiger partial charge in [-0.2, -0.15) is 5.10 Å². The van der Waals surface area contributed by atoms with Gasteiger partial charge in [0.1, 0.15) is 12.4 Å². The Bertz CT molecular complexity index is 1290. The van der Waals surface area contributed by atoms with E-state index in [1.165, 1.54) is 5.56 Å². The van der Waals surface area contributed by atoms with Crippen LogP contribution in [0.1, 0.15) is 33.7 Å². The van der Waals surface area contributed by atoms with Gasteiger partial charge in [-0.1, -0.05) is 101 Å². The maximum atomic E-state index is 13.2. The zero-order valence-corrected chi connectivity index (χ0v) is 21.1. The lowest BCUT2D eigenvalue weighted by molar-refractivity contribution is -0.122. The Morgan fingerprint density at radius 1 is 0.943 bits per heavy atom. The predicted octanol–water partition coefficient (Wildman–Crippen LogP) is 6.81. The standard InChI is InChI=1S/C30H27BrN2O2/c1-22-10-8-9-15-25(22)19-28(24-13-6-3-7-14-24)30(34)33-32-20-26-18-27(31)16-17-29(26)35-21-23-11-4-2-5-12-23/h2-18,20,28H,19,21H2,1H3,(H,33,34)/b32-20-/t28-/m1/s1. The Hall–Kier alpha value is -3.70. The van der Waals surface area contributed by atoms with E-state index in [4.69, 9.17) is 4.74 Å². The van der Waals surface area contributed by atoms with Gasteiger partial charge in [0.05, 0.1) is 12.1 Å². The summed E-state index contributed by atoms with van der Waals surface area (Å²) in [5, 5.41) is 4.28. The van der Waals surface area contributed by atoms with Crippen LogP contribution in [0.5, 0.6) is 5.75 Å². The van der Waals surface area contributed by atoms with Crippen molar-refractivity contribution in [2.24, 2.45) is 5.10 Å². The number of hydrogen-bond donors (Lipinski definition) is 1. The molecule has 4 aromatic rings. The molecular weight excluding hydrogens is 500 g/mol. The SMILES string of the molecule is Cc1ccccc1C[C@@H](C(=O)N/N=C\c1cc(Br)ccc1OCc1ccccc1)c1ccccc1. The van der Waals surface area contributed by atoms with Crippen LogP contribution in [0.4, 0.5) is 0 Å². The molecule has 0 unspecified atom stereocenters. The van der Waals surface area contributed by atoms with Crippen molar-refractivity contribution in [3.8, 4) is 5.75 Å². The third-order valence-electron chi connectivity index (χ3n) is 5.79. The number of ether oxygens (including phenoxy) is 1. The summed E-state index contributed by atoms with van der Waals surface area (Å²) < 4.78 is 6.92. The van der Waals surface area contributed by atoms with Gasteiger partial charge in [0, 0.05) is 10.0 Å². The number of nitrogens with zero attached hydrogens (tertiary/aromatic N) is 1. The molecule has 4 nitrogen and oxygen atoms in total. The molecule has 5 heteroatoms. The van der Waals surface area contributed by atoms with Crippen LogP contribution in [0, 0.1) is 6.92 Å². The number of amides is 1. The molecule has 1 atom stereocenters. The fourth-order valence-electron chi connectivity index (χ4n) is 3.84. The third kappa shape index (κ3) is 6.90. The normalized spacial score (nSPS) is 11.8. The van der Waals surface area contributed by atoms with Crippen molar-refractivity contribution in [1.29, 1.82) is 0 Å². The molecule has 0 saturated heterocycles. The average molecular weight is 527 g/mol. The second kappa shape index (κ2) is 12.1. The molecule has 35 heavy (non-hydrogen) atoms. The first kappa shape index (κ1) is 24.4. The van der Waals surface area contributed by atoms with E-state index in [0.717, 1.165) is 26.7 Å². The number of rotatable bonds is 9. The lowest BCUT2D eigenvalue weighted by Gasteiger charge is -2.17. The van der Waals surface area contributed by atoms with Crippen molar-refractivity contribution in [1.82, 2.24) is 5.43 Å². The minimum atomic E-state index is -0.356. The van der Waals surface area contributed by atoms with Crippen molar-refractivity contribution in [2.45, 2.75) is 25.9 Å². The van der Waals surface area contributed by atoms with E-state index < -0.39 is 0 Å². The second-order valence-corrected chi connectivity index (χ2v) is 9.20. The number of carbonyl (C=O) groups is 1. The Kier molecular flexibility index (Phi) is 8.47. The second-order valence-electron chi connectivity index (χ2n) is 8.28. The topological polar surface area (TPSA) is 50.7 Å².